The summed E-state index contributed by atoms with van der Waals surface area (Å²) in [5.74, 6) is -0.973. The van der Waals surface area contributed by atoms with Gasteiger partial charge in [0.1, 0.15) is 0 Å². The summed E-state index contributed by atoms with van der Waals surface area (Å²) in [6, 6.07) is 16.8. The van der Waals surface area contributed by atoms with Gasteiger partial charge in [0.15, 0.2) is 0 Å². The van der Waals surface area contributed by atoms with Crippen molar-refractivity contribution in [2.24, 2.45) is 5.92 Å². The largest absolute Gasteiger partial charge is 0.466 e. The number of esters is 1. The zero-order chi connectivity index (χ0) is 21.3. The minimum Gasteiger partial charge on any atom is -0.466 e. The molecule has 2 aromatic carbocycles. The van der Waals surface area contributed by atoms with Crippen molar-refractivity contribution in [3.05, 3.63) is 76.6 Å². The van der Waals surface area contributed by atoms with E-state index in [2.05, 4.69) is 10.4 Å². The SMILES string of the molecule is CCOC(=O)C(CNC(=O)CCn1ncc(=O)c2ccccc21)Cc1ccccc1. The Hall–Kier alpha value is -3.48. The number of hydrogen-bond acceptors (Lipinski definition) is 5. The Balaban J connectivity index is 1.60. The topological polar surface area (TPSA) is 90.3 Å². The predicted octanol–water partition coefficient (Wildman–Crippen LogP) is 2.32. The molecule has 7 nitrogen and oxygen atoms in total. The molecule has 3 rings (SSSR count). The molecular formula is C23H25N3O4. The van der Waals surface area contributed by atoms with E-state index < -0.39 is 5.92 Å². The molecule has 0 aliphatic rings. The minimum atomic E-state index is -0.456. The molecule has 1 aromatic heterocycles. The molecule has 156 valence electrons. The number of hydrogen-bond donors (Lipinski definition) is 1. The summed E-state index contributed by atoms with van der Waals surface area (Å²) in [5, 5.41) is 7.53. The lowest BCUT2D eigenvalue weighted by Gasteiger charge is -2.17. The van der Waals surface area contributed by atoms with Crippen LogP contribution in [0.4, 0.5) is 0 Å². The number of nitrogens with one attached hydrogen (secondary N) is 1. The second-order valence-electron chi connectivity index (χ2n) is 6.94. The number of aromatic nitrogens is 2. The van der Waals surface area contributed by atoms with E-state index in [0.717, 1.165) is 5.56 Å². The third kappa shape index (κ3) is 5.53. The first-order valence-electron chi connectivity index (χ1n) is 10.0. The molecule has 30 heavy (non-hydrogen) atoms. The number of rotatable bonds is 9. The molecule has 0 saturated heterocycles. The lowest BCUT2D eigenvalue weighted by Crippen LogP contribution is -2.35. The smallest absolute Gasteiger partial charge is 0.311 e. The van der Waals surface area contributed by atoms with Crippen LogP contribution in [0.2, 0.25) is 0 Å². The van der Waals surface area contributed by atoms with Crippen LogP contribution in [0.25, 0.3) is 10.9 Å². The van der Waals surface area contributed by atoms with Gasteiger partial charge in [-0.05, 0) is 31.0 Å². The monoisotopic (exact) mass is 407 g/mol. The molecule has 1 N–H and O–H groups in total. The molecule has 0 spiro atoms. The third-order valence-electron chi connectivity index (χ3n) is 4.80. The van der Waals surface area contributed by atoms with E-state index in [1.165, 1.54) is 6.20 Å². The number of nitrogens with zero attached hydrogens (tertiary/aromatic N) is 2. The normalized spacial score (nSPS) is 11.8. The third-order valence-corrected chi connectivity index (χ3v) is 4.80. The molecule has 0 saturated carbocycles. The van der Waals surface area contributed by atoms with E-state index >= 15 is 0 Å². The van der Waals surface area contributed by atoms with Crippen molar-refractivity contribution in [1.29, 1.82) is 0 Å². The van der Waals surface area contributed by atoms with Gasteiger partial charge in [-0.15, -0.1) is 0 Å². The van der Waals surface area contributed by atoms with E-state index in [-0.39, 0.29) is 30.3 Å². The van der Waals surface area contributed by atoms with Crippen LogP contribution in [0, 0.1) is 5.92 Å². The van der Waals surface area contributed by atoms with Crippen LogP contribution >= 0.6 is 0 Å². The van der Waals surface area contributed by atoms with Gasteiger partial charge in [0.05, 0.1) is 30.8 Å². The maximum Gasteiger partial charge on any atom is 0.311 e. The average molecular weight is 407 g/mol. The van der Waals surface area contributed by atoms with Gasteiger partial charge >= 0.3 is 5.97 Å². The number of fused-ring (bicyclic) bond motifs is 1. The number of carbonyl (C=O) groups is 2. The molecule has 0 aliphatic carbocycles. The van der Waals surface area contributed by atoms with E-state index in [1.54, 1.807) is 29.8 Å². The second kappa shape index (κ2) is 10.3. The van der Waals surface area contributed by atoms with Crippen molar-refractivity contribution < 1.29 is 14.3 Å². The van der Waals surface area contributed by atoms with Gasteiger partial charge in [-0.25, -0.2) is 0 Å². The molecule has 3 aromatic rings. The van der Waals surface area contributed by atoms with Crippen molar-refractivity contribution in [3.8, 4) is 0 Å². The van der Waals surface area contributed by atoms with Crippen molar-refractivity contribution in [2.75, 3.05) is 13.2 Å². The van der Waals surface area contributed by atoms with Gasteiger partial charge in [0.25, 0.3) is 0 Å². The highest BCUT2D eigenvalue weighted by Gasteiger charge is 2.21. The highest BCUT2D eigenvalue weighted by molar-refractivity contribution is 5.79. The van der Waals surface area contributed by atoms with Crippen molar-refractivity contribution in [3.63, 3.8) is 0 Å². The predicted molar refractivity (Wildman–Crippen MR) is 114 cm³/mol. The molecule has 1 amide bonds. The van der Waals surface area contributed by atoms with Crippen LogP contribution < -0.4 is 10.7 Å². The summed E-state index contributed by atoms with van der Waals surface area (Å²) in [6.07, 6.45) is 1.93. The number of carbonyl (C=O) groups excluding carboxylic acids is 2. The maximum atomic E-state index is 12.4. The number of aryl methyl sites for hydroxylation is 1. The molecule has 0 bridgehead atoms. The molecule has 0 radical (unpaired) electrons. The highest BCUT2D eigenvalue weighted by Crippen LogP contribution is 2.11. The number of amides is 1. The molecule has 1 unspecified atom stereocenters. The Morgan fingerprint density at radius 1 is 1.10 bits per heavy atom. The maximum absolute atomic E-state index is 12.4. The van der Waals surface area contributed by atoms with Crippen LogP contribution in [0.1, 0.15) is 18.9 Å². The Morgan fingerprint density at radius 3 is 2.60 bits per heavy atom. The van der Waals surface area contributed by atoms with Crippen molar-refractivity contribution in [2.45, 2.75) is 26.3 Å². The van der Waals surface area contributed by atoms with Gasteiger partial charge in [-0.1, -0.05) is 42.5 Å². The molecule has 0 aliphatic heterocycles. The Bertz CT molecular complexity index is 1060. The summed E-state index contributed by atoms with van der Waals surface area (Å²) in [4.78, 5) is 36.6. The zero-order valence-corrected chi connectivity index (χ0v) is 16.9. The first-order chi connectivity index (χ1) is 14.6. The van der Waals surface area contributed by atoms with E-state index in [0.29, 0.717) is 30.5 Å². The van der Waals surface area contributed by atoms with Gasteiger partial charge in [0, 0.05) is 18.4 Å². The van der Waals surface area contributed by atoms with E-state index in [4.69, 9.17) is 4.74 Å². The average Bonchev–Trinajstić information content (AvgIpc) is 2.77. The first-order valence-corrected chi connectivity index (χ1v) is 10.0. The van der Waals surface area contributed by atoms with E-state index in [9.17, 15) is 14.4 Å². The van der Waals surface area contributed by atoms with Crippen molar-refractivity contribution in [1.82, 2.24) is 15.1 Å². The number of benzene rings is 2. The standard InChI is InChI=1S/C23H25N3O4/c1-2-30-23(29)18(14-17-8-4-3-5-9-17)15-24-22(28)12-13-26-20-11-7-6-10-19(20)21(27)16-25-26/h3-11,16,18H,2,12-15H2,1H3,(H,24,28). The lowest BCUT2D eigenvalue weighted by atomic mass is 9.99. The molecule has 1 atom stereocenters. The van der Waals surface area contributed by atoms with E-state index in [1.807, 2.05) is 36.4 Å². The highest BCUT2D eigenvalue weighted by atomic mass is 16.5. The Labute approximate surface area is 174 Å². The fourth-order valence-electron chi connectivity index (χ4n) is 3.27. The molecule has 7 heteroatoms. The van der Waals surface area contributed by atoms with Crippen LogP contribution in [-0.4, -0.2) is 34.8 Å². The lowest BCUT2D eigenvalue weighted by molar-refractivity contribution is -0.147. The van der Waals surface area contributed by atoms with Gasteiger partial charge in [-0.2, -0.15) is 5.10 Å². The summed E-state index contributed by atoms with van der Waals surface area (Å²) >= 11 is 0. The fraction of sp³-hybridized carbons (Fsp3) is 0.304. The quantitative estimate of drug-likeness (QED) is 0.550. The van der Waals surface area contributed by atoms with Crippen LogP contribution in [-0.2, 0) is 27.3 Å². The first kappa shape index (κ1) is 21.2. The summed E-state index contributed by atoms with van der Waals surface area (Å²) < 4.78 is 6.81. The Morgan fingerprint density at radius 2 is 1.83 bits per heavy atom. The van der Waals surface area contributed by atoms with Crippen molar-refractivity contribution >= 4 is 22.8 Å². The fourth-order valence-corrected chi connectivity index (χ4v) is 3.27. The van der Waals surface area contributed by atoms with Crippen LogP contribution in [0.5, 0.6) is 0 Å². The van der Waals surface area contributed by atoms with Crippen LogP contribution in [0.15, 0.2) is 65.6 Å². The molecular weight excluding hydrogens is 382 g/mol. The molecule has 1 heterocycles. The minimum absolute atomic E-state index is 0.149. The van der Waals surface area contributed by atoms with Gasteiger partial charge in [0.2, 0.25) is 11.3 Å². The van der Waals surface area contributed by atoms with Crippen LogP contribution in [0.3, 0.4) is 0 Å². The number of para-hydroxylation sites is 1. The van der Waals surface area contributed by atoms with Gasteiger partial charge < -0.3 is 10.1 Å². The van der Waals surface area contributed by atoms with Gasteiger partial charge in [-0.3, -0.25) is 19.1 Å². The number of ether oxygens (including phenoxy) is 1. The zero-order valence-electron chi connectivity index (χ0n) is 16.9. The molecule has 0 fully saturated rings. The Kier molecular flexibility index (Phi) is 7.32. The summed E-state index contributed by atoms with van der Waals surface area (Å²) in [5.41, 5.74) is 1.55. The summed E-state index contributed by atoms with van der Waals surface area (Å²) in [7, 11) is 0. The summed E-state index contributed by atoms with van der Waals surface area (Å²) in [6.45, 7) is 2.58. The second-order valence-corrected chi connectivity index (χ2v) is 6.94.